The van der Waals surface area contributed by atoms with Gasteiger partial charge in [0.1, 0.15) is 0 Å². The Labute approximate surface area is 125 Å². The van der Waals surface area contributed by atoms with E-state index in [2.05, 4.69) is 0 Å². The number of hydrogen-bond acceptors (Lipinski definition) is 0. The molecule has 16 heavy (non-hydrogen) atoms. The lowest BCUT2D eigenvalue weighted by molar-refractivity contribution is 0.194. The maximum Gasteiger partial charge on any atom is 0.0628 e. The van der Waals surface area contributed by atoms with Crippen LogP contribution in [0.4, 0.5) is 0 Å². The first-order valence-electron chi connectivity index (χ1n) is 4.85. The van der Waals surface area contributed by atoms with Gasteiger partial charge in [0.05, 0.1) is 10.8 Å². The number of allylic oxidation sites excluding steroid dienone is 2. The summed E-state index contributed by atoms with van der Waals surface area (Å²) in [6.07, 6.45) is 1.92. The third-order valence-corrected chi connectivity index (χ3v) is 7.19. The van der Waals surface area contributed by atoms with E-state index in [-0.39, 0.29) is 22.6 Å². The van der Waals surface area contributed by atoms with Crippen LogP contribution >= 0.6 is 69.6 Å². The van der Waals surface area contributed by atoms with Gasteiger partial charge in [-0.25, -0.2) is 0 Å². The van der Waals surface area contributed by atoms with E-state index in [0.29, 0.717) is 16.8 Å². The van der Waals surface area contributed by atoms with Crippen LogP contribution in [0.5, 0.6) is 0 Å². The summed E-state index contributed by atoms with van der Waals surface area (Å²) in [4.78, 5) is 0. The number of halogens is 6. The van der Waals surface area contributed by atoms with Crippen molar-refractivity contribution in [3.8, 4) is 0 Å². The Morgan fingerprint density at radius 3 is 2.00 bits per heavy atom. The standard InChI is InChI=1S/C10H10Cl6/c11-2-9(3-12)5-1-6(14)10(9,4-13)8(16)7(5)15/h1,5,7-8H,2-4H2/t5-,7+,8-,10+/m0/s1. The molecule has 1 saturated carbocycles. The van der Waals surface area contributed by atoms with Gasteiger partial charge in [-0.2, -0.15) is 0 Å². The summed E-state index contributed by atoms with van der Waals surface area (Å²) in [5.74, 6) is 0.994. The highest BCUT2D eigenvalue weighted by Gasteiger charge is 2.71. The van der Waals surface area contributed by atoms with Gasteiger partial charge in [-0.15, -0.1) is 58.0 Å². The Morgan fingerprint density at radius 1 is 1.06 bits per heavy atom. The van der Waals surface area contributed by atoms with Gasteiger partial charge in [-0.1, -0.05) is 17.7 Å². The minimum atomic E-state index is -0.585. The summed E-state index contributed by atoms with van der Waals surface area (Å²) in [7, 11) is 0. The van der Waals surface area contributed by atoms with Gasteiger partial charge in [0.15, 0.2) is 0 Å². The van der Waals surface area contributed by atoms with E-state index in [4.69, 9.17) is 69.6 Å². The first-order valence-corrected chi connectivity index (χ1v) is 7.71. The number of fused-ring (bicyclic) bond motifs is 2. The number of rotatable bonds is 3. The van der Waals surface area contributed by atoms with Crippen LogP contribution in [0.15, 0.2) is 11.1 Å². The Balaban J connectivity index is 2.60. The van der Waals surface area contributed by atoms with Crippen LogP contribution in [0.1, 0.15) is 0 Å². The minimum absolute atomic E-state index is 0.00193. The van der Waals surface area contributed by atoms with E-state index in [1.54, 1.807) is 0 Å². The van der Waals surface area contributed by atoms with Gasteiger partial charge >= 0.3 is 0 Å². The zero-order valence-electron chi connectivity index (χ0n) is 8.20. The quantitative estimate of drug-likeness (QED) is 0.654. The Morgan fingerprint density at radius 2 is 1.62 bits per heavy atom. The van der Waals surface area contributed by atoms with Crippen LogP contribution in [0, 0.1) is 16.7 Å². The third kappa shape index (κ3) is 1.33. The third-order valence-electron chi connectivity index (χ3n) is 4.06. The Bertz CT molecular complexity index is 323. The predicted octanol–water partition coefficient (Wildman–Crippen LogP) is 4.66. The summed E-state index contributed by atoms with van der Waals surface area (Å²) >= 11 is 37.3. The van der Waals surface area contributed by atoms with Crippen molar-refractivity contribution in [3.63, 3.8) is 0 Å². The van der Waals surface area contributed by atoms with Crippen LogP contribution in [-0.2, 0) is 0 Å². The highest BCUT2D eigenvalue weighted by atomic mass is 35.5. The molecule has 0 heterocycles. The maximum atomic E-state index is 6.39. The van der Waals surface area contributed by atoms with Crippen LogP contribution in [0.25, 0.3) is 0 Å². The monoisotopic (exact) mass is 340 g/mol. The summed E-state index contributed by atoms with van der Waals surface area (Å²) in [6, 6.07) is 0. The first kappa shape index (κ1) is 13.9. The molecular formula is C10H10Cl6. The topological polar surface area (TPSA) is 0 Å². The maximum absolute atomic E-state index is 6.39. The molecule has 0 aliphatic heterocycles. The molecule has 2 aliphatic rings. The molecule has 0 aromatic carbocycles. The molecule has 0 radical (unpaired) electrons. The van der Waals surface area contributed by atoms with E-state index in [0.717, 1.165) is 0 Å². The minimum Gasteiger partial charge on any atom is -0.126 e. The second-order valence-corrected chi connectivity index (χ2v) is 6.60. The van der Waals surface area contributed by atoms with Gasteiger partial charge in [0.2, 0.25) is 0 Å². The van der Waals surface area contributed by atoms with E-state index in [9.17, 15) is 0 Å². The van der Waals surface area contributed by atoms with Crippen molar-refractivity contribution in [1.29, 1.82) is 0 Å². The second kappa shape index (κ2) is 4.54. The summed E-state index contributed by atoms with van der Waals surface area (Å²) in [5.41, 5.74) is -1.01. The zero-order valence-corrected chi connectivity index (χ0v) is 12.7. The van der Waals surface area contributed by atoms with Crippen LogP contribution in [-0.4, -0.2) is 28.4 Å². The zero-order chi connectivity index (χ0) is 12.1. The fourth-order valence-corrected chi connectivity index (χ4v) is 6.49. The fraction of sp³-hybridized carbons (Fsp3) is 0.800. The molecule has 4 atom stereocenters. The van der Waals surface area contributed by atoms with Crippen molar-refractivity contribution < 1.29 is 0 Å². The molecule has 2 aliphatic carbocycles. The van der Waals surface area contributed by atoms with Crippen molar-refractivity contribution in [2.24, 2.45) is 16.7 Å². The van der Waals surface area contributed by atoms with Crippen LogP contribution < -0.4 is 0 Å². The normalized spacial score (nSPS) is 44.9. The van der Waals surface area contributed by atoms with E-state index in [1.165, 1.54) is 0 Å². The summed E-state index contributed by atoms with van der Waals surface area (Å²) < 4.78 is 0. The molecule has 0 unspecified atom stereocenters. The molecule has 0 spiro atoms. The highest BCUT2D eigenvalue weighted by molar-refractivity contribution is 6.38. The van der Waals surface area contributed by atoms with Crippen molar-refractivity contribution in [2.75, 3.05) is 17.6 Å². The predicted molar refractivity (Wildman–Crippen MR) is 73.7 cm³/mol. The number of hydrogen-bond donors (Lipinski definition) is 0. The van der Waals surface area contributed by atoms with Gasteiger partial charge in [0, 0.05) is 39.4 Å². The molecular weight excluding hydrogens is 333 g/mol. The second-order valence-electron chi connectivity index (χ2n) is 4.41. The van der Waals surface area contributed by atoms with Crippen LogP contribution in [0.2, 0.25) is 0 Å². The molecule has 0 nitrogen and oxygen atoms in total. The average molecular weight is 343 g/mol. The molecule has 0 aromatic heterocycles. The SMILES string of the molecule is ClCC1(CCl)[C@H]2C=C(Cl)[C@]1(CCl)[C@@H](Cl)[C@@H]2Cl. The van der Waals surface area contributed by atoms with Crippen molar-refractivity contribution >= 4 is 69.6 Å². The fourth-order valence-electron chi connectivity index (χ4n) is 2.98. The largest absolute Gasteiger partial charge is 0.126 e. The molecule has 92 valence electrons. The molecule has 0 amide bonds. The highest BCUT2D eigenvalue weighted by Crippen LogP contribution is 2.70. The van der Waals surface area contributed by atoms with E-state index in [1.807, 2.05) is 6.08 Å². The lowest BCUT2D eigenvalue weighted by Crippen LogP contribution is -2.46. The molecule has 6 heteroatoms. The molecule has 2 bridgehead atoms. The van der Waals surface area contributed by atoms with Gasteiger partial charge in [-0.05, 0) is 0 Å². The lowest BCUT2D eigenvalue weighted by atomic mass is 9.69. The molecule has 0 saturated heterocycles. The van der Waals surface area contributed by atoms with Crippen LogP contribution in [0.3, 0.4) is 0 Å². The Kier molecular flexibility index (Phi) is 3.95. The summed E-state index contributed by atoms with van der Waals surface area (Å²) in [5, 5.41) is 0.109. The summed E-state index contributed by atoms with van der Waals surface area (Å²) in [6.45, 7) is 0. The number of alkyl halides is 5. The van der Waals surface area contributed by atoms with E-state index >= 15 is 0 Å². The van der Waals surface area contributed by atoms with Crippen molar-refractivity contribution in [3.05, 3.63) is 11.1 Å². The lowest BCUT2D eigenvalue weighted by Gasteiger charge is -2.42. The van der Waals surface area contributed by atoms with E-state index < -0.39 is 10.8 Å². The van der Waals surface area contributed by atoms with Gasteiger partial charge < -0.3 is 0 Å². The molecule has 0 N–H and O–H groups in total. The smallest absolute Gasteiger partial charge is 0.0628 e. The molecule has 0 aromatic rings. The Hall–Kier alpha value is 1.48. The first-order chi connectivity index (χ1) is 7.51. The molecule has 2 rings (SSSR count). The molecule has 1 fully saturated rings. The van der Waals surface area contributed by atoms with Gasteiger partial charge in [-0.3, -0.25) is 0 Å². The van der Waals surface area contributed by atoms with Crippen molar-refractivity contribution in [1.82, 2.24) is 0 Å². The van der Waals surface area contributed by atoms with Gasteiger partial charge in [0.25, 0.3) is 0 Å². The van der Waals surface area contributed by atoms with Crippen molar-refractivity contribution in [2.45, 2.75) is 10.8 Å². The average Bonchev–Trinajstić information content (AvgIpc) is 2.65.